The summed E-state index contributed by atoms with van der Waals surface area (Å²) >= 11 is 0. The zero-order chi connectivity index (χ0) is 10.9. The molecule has 15 heavy (non-hydrogen) atoms. The average Bonchev–Trinajstić information content (AvgIpc) is 2.17. The number of hydrogen-bond acceptors (Lipinski definition) is 3. The predicted molar refractivity (Wildman–Crippen MR) is 58.0 cm³/mol. The van der Waals surface area contributed by atoms with Crippen LogP contribution in [0.25, 0.3) is 0 Å². The number of nitrogens with two attached hydrogens (primary N) is 1. The summed E-state index contributed by atoms with van der Waals surface area (Å²) in [6.45, 7) is 4.39. The molecule has 1 aromatic carbocycles. The molecule has 1 heterocycles. The summed E-state index contributed by atoms with van der Waals surface area (Å²) < 4.78 is 11.3. The number of rotatable bonds is 1. The van der Waals surface area contributed by atoms with Gasteiger partial charge in [-0.25, -0.2) is 0 Å². The zero-order valence-electron chi connectivity index (χ0n) is 9.19. The van der Waals surface area contributed by atoms with E-state index in [-0.39, 0.29) is 0 Å². The van der Waals surface area contributed by atoms with Crippen molar-refractivity contribution in [3.63, 3.8) is 0 Å². The highest BCUT2D eigenvalue weighted by atomic mass is 16.7. The molecule has 0 radical (unpaired) electrons. The summed E-state index contributed by atoms with van der Waals surface area (Å²) in [6.07, 6.45) is 0.681. The molecule has 1 saturated heterocycles. The van der Waals surface area contributed by atoms with E-state index in [9.17, 15) is 0 Å². The predicted octanol–water partition coefficient (Wildman–Crippen LogP) is 1.97. The Labute approximate surface area is 90.2 Å². The monoisotopic (exact) mass is 207 g/mol. The van der Waals surface area contributed by atoms with Gasteiger partial charge in [-0.05, 0) is 19.4 Å². The fraction of sp³-hybridized carbons (Fsp3) is 0.500. The van der Waals surface area contributed by atoms with Crippen molar-refractivity contribution in [2.45, 2.75) is 31.8 Å². The minimum atomic E-state index is -0.719. The standard InChI is InChI=1S/C12H17NO2/c1-11(2)14-9-8-12(13,15-11)10-6-4-3-5-7-10/h3-7H,8-9,13H2,1-2H3. The normalized spacial score (nSPS) is 30.1. The first-order valence-corrected chi connectivity index (χ1v) is 5.20. The van der Waals surface area contributed by atoms with Crippen LogP contribution in [0.3, 0.4) is 0 Å². The van der Waals surface area contributed by atoms with Gasteiger partial charge < -0.3 is 9.47 Å². The molecule has 1 fully saturated rings. The maximum Gasteiger partial charge on any atom is 0.165 e. The lowest BCUT2D eigenvalue weighted by atomic mass is 9.99. The third-order valence-corrected chi connectivity index (χ3v) is 2.61. The molecule has 1 unspecified atom stereocenters. The number of ether oxygens (including phenoxy) is 2. The van der Waals surface area contributed by atoms with Crippen LogP contribution in [0.5, 0.6) is 0 Å². The molecule has 0 amide bonds. The van der Waals surface area contributed by atoms with Gasteiger partial charge in [0.25, 0.3) is 0 Å². The van der Waals surface area contributed by atoms with E-state index in [1.54, 1.807) is 0 Å². The Kier molecular flexibility index (Phi) is 2.54. The Morgan fingerprint density at radius 3 is 2.47 bits per heavy atom. The summed E-state index contributed by atoms with van der Waals surface area (Å²) in [5.41, 5.74) is 6.54. The van der Waals surface area contributed by atoms with Gasteiger partial charge in [-0.15, -0.1) is 0 Å². The topological polar surface area (TPSA) is 44.5 Å². The van der Waals surface area contributed by atoms with Crippen LogP contribution < -0.4 is 5.73 Å². The maximum atomic E-state index is 6.25. The molecule has 2 N–H and O–H groups in total. The highest BCUT2D eigenvalue weighted by Gasteiger charge is 2.39. The van der Waals surface area contributed by atoms with Crippen LogP contribution in [0.4, 0.5) is 0 Å². The highest BCUT2D eigenvalue weighted by molar-refractivity contribution is 5.21. The van der Waals surface area contributed by atoms with E-state index in [1.165, 1.54) is 0 Å². The van der Waals surface area contributed by atoms with E-state index >= 15 is 0 Å². The van der Waals surface area contributed by atoms with Gasteiger partial charge >= 0.3 is 0 Å². The largest absolute Gasteiger partial charge is 0.350 e. The first-order chi connectivity index (χ1) is 7.02. The van der Waals surface area contributed by atoms with Gasteiger partial charge in [-0.1, -0.05) is 30.3 Å². The van der Waals surface area contributed by atoms with Gasteiger partial charge in [0.2, 0.25) is 0 Å². The van der Waals surface area contributed by atoms with E-state index in [1.807, 2.05) is 44.2 Å². The molecule has 0 spiro atoms. The molecule has 1 aliphatic rings. The molecule has 0 saturated carbocycles. The van der Waals surface area contributed by atoms with Gasteiger partial charge in [0, 0.05) is 6.42 Å². The molecule has 82 valence electrons. The Hall–Kier alpha value is -0.900. The minimum absolute atomic E-state index is 0.608. The van der Waals surface area contributed by atoms with E-state index in [0.29, 0.717) is 13.0 Å². The van der Waals surface area contributed by atoms with E-state index in [2.05, 4.69) is 0 Å². The van der Waals surface area contributed by atoms with Gasteiger partial charge in [-0.3, -0.25) is 5.73 Å². The summed E-state index contributed by atoms with van der Waals surface area (Å²) in [6, 6.07) is 9.88. The van der Waals surface area contributed by atoms with E-state index in [4.69, 9.17) is 15.2 Å². The van der Waals surface area contributed by atoms with E-state index < -0.39 is 11.5 Å². The quantitative estimate of drug-likeness (QED) is 0.765. The fourth-order valence-corrected chi connectivity index (χ4v) is 1.89. The van der Waals surface area contributed by atoms with Crippen LogP contribution in [-0.2, 0) is 15.2 Å². The molecule has 3 heteroatoms. The van der Waals surface area contributed by atoms with Crippen molar-refractivity contribution in [2.24, 2.45) is 5.73 Å². The molecular weight excluding hydrogens is 190 g/mol. The van der Waals surface area contributed by atoms with Gasteiger partial charge in [0.15, 0.2) is 5.79 Å². The second kappa shape index (κ2) is 3.59. The molecule has 1 aliphatic heterocycles. The molecule has 3 nitrogen and oxygen atoms in total. The molecule has 0 bridgehead atoms. The van der Waals surface area contributed by atoms with Gasteiger partial charge in [-0.2, -0.15) is 0 Å². The van der Waals surface area contributed by atoms with Crippen LogP contribution in [0.2, 0.25) is 0 Å². The smallest absolute Gasteiger partial charge is 0.165 e. The van der Waals surface area contributed by atoms with Gasteiger partial charge in [0.05, 0.1) is 6.61 Å². The highest BCUT2D eigenvalue weighted by Crippen LogP contribution is 2.34. The number of hydrogen-bond donors (Lipinski definition) is 1. The second-order valence-corrected chi connectivity index (χ2v) is 4.36. The lowest BCUT2D eigenvalue weighted by molar-refractivity contribution is -0.314. The maximum absolute atomic E-state index is 6.25. The first kappa shape index (κ1) is 10.6. The Morgan fingerprint density at radius 1 is 1.20 bits per heavy atom. The fourth-order valence-electron chi connectivity index (χ4n) is 1.89. The minimum Gasteiger partial charge on any atom is -0.350 e. The van der Waals surface area contributed by atoms with Crippen LogP contribution in [0, 0.1) is 0 Å². The van der Waals surface area contributed by atoms with Crippen LogP contribution in [0.1, 0.15) is 25.8 Å². The Balaban J connectivity index is 2.27. The Bertz CT molecular complexity index is 337. The molecule has 1 aromatic rings. The second-order valence-electron chi connectivity index (χ2n) is 4.36. The van der Waals surface area contributed by atoms with Crippen molar-refractivity contribution in [1.29, 1.82) is 0 Å². The first-order valence-electron chi connectivity index (χ1n) is 5.20. The van der Waals surface area contributed by atoms with E-state index in [0.717, 1.165) is 5.56 Å². The van der Waals surface area contributed by atoms with Crippen LogP contribution in [-0.4, -0.2) is 12.4 Å². The van der Waals surface area contributed by atoms with Crippen molar-refractivity contribution < 1.29 is 9.47 Å². The lowest BCUT2D eigenvalue weighted by Crippen LogP contribution is -2.52. The summed E-state index contributed by atoms with van der Waals surface area (Å²) in [7, 11) is 0. The molecular formula is C12H17NO2. The van der Waals surface area contributed by atoms with Crippen molar-refractivity contribution in [3.8, 4) is 0 Å². The molecule has 1 atom stereocenters. The van der Waals surface area contributed by atoms with Crippen molar-refractivity contribution in [1.82, 2.24) is 0 Å². The summed E-state index contributed by atoms with van der Waals surface area (Å²) in [4.78, 5) is 0. The third kappa shape index (κ3) is 2.20. The molecule has 0 aromatic heterocycles. The van der Waals surface area contributed by atoms with Crippen molar-refractivity contribution >= 4 is 0 Å². The van der Waals surface area contributed by atoms with Gasteiger partial charge in [0.1, 0.15) is 5.72 Å². The Morgan fingerprint density at radius 2 is 1.87 bits per heavy atom. The molecule has 0 aliphatic carbocycles. The van der Waals surface area contributed by atoms with Crippen LogP contribution in [0.15, 0.2) is 30.3 Å². The third-order valence-electron chi connectivity index (χ3n) is 2.61. The zero-order valence-corrected chi connectivity index (χ0v) is 9.19. The SMILES string of the molecule is CC1(C)OCCC(N)(c2ccccc2)O1. The average molecular weight is 207 g/mol. The summed E-state index contributed by atoms with van der Waals surface area (Å²) in [5, 5.41) is 0. The molecule has 2 rings (SSSR count). The summed E-state index contributed by atoms with van der Waals surface area (Å²) in [5.74, 6) is -0.608. The lowest BCUT2D eigenvalue weighted by Gasteiger charge is -2.42. The number of benzene rings is 1. The van der Waals surface area contributed by atoms with Crippen molar-refractivity contribution in [2.75, 3.05) is 6.61 Å². The van der Waals surface area contributed by atoms with Crippen molar-refractivity contribution in [3.05, 3.63) is 35.9 Å². The van der Waals surface area contributed by atoms with Crippen LogP contribution >= 0.6 is 0 Å².